The van der Waals surface area contributed by atoms with Gasteiger partial charge in [-0.2, -0.15) is 0 Å². The van der Waals surface area contributed by atoms with E-state index in [1.165, 1.54) is 38.5 Å². The lowest BCUT2D eigenvalue weighted by Gasteiger charge is -2.61. The average Bonchev–Trinajstić information content (AvgIpc) is 2.59. The monoisotopic (exact) mass is 344 g/mol. The molecule has 0 radical (unpaired) electrons. The number of carbonyl (C=O) groups is 2. The average molecular weight is 344 g/mol. The molecule has 5 aliphatic rings. The van der Waals surface area contributed by atoms with Crippen molar-refractivity contribution in [1.29, 1.82) is 0 Å². The Hall–Kier alpha value is -1.65. The van der Waals surface area contributed by atoms with Crippen LogP contribution in [-0.4, -0.2) is 42.2 Å². The summed E-state index contributed by atoms with van der Waals surface area (Å²) < 4.78 is 5.07. The highest BCUT2D eigenvalue weighted by Crippen LogP contribution is 2.58. The fraction of sp³-hybridized carbons (Fsp3) is 0.750. The molecule has 0 aromatic carbocycles. The Labute approximate surface area is 149 Å². The van der Waals surface area contributed by atoms with Crippen molar-refractivity contribution in [3.8, 4) is 0 Å². The molecule has 25 heavy (non-hydrogen) atoms. The van der Waals surface area contributed by atoms with Crippen LogP contribution in [0.2, 0.25) is 0 Å². The van der Waals surface area contributed by atoms with E-state index in [-0.39, 0.29) is 5.54 Å². The molecule has 0 N–H and O–H groups in total. The highest BCUT2D eigenvalue weighted by atomic mass is 16.5. The van der Waals surface area contributed by atoms with E-state index >= 15 is 0 Å². The molecule has 5 heteroatoms. The van der Waals surface area contributed by atoms with Gasteiger partial charge in [0.05, 0.1) is 6.61 Å². The van der Waals surface area contributed by atoms with Crippen LogP contribution in [0.15, 0.2) is 16.8 Å². The Morgan fingerprint density at radius 1 is 1.32 bits per heavy atom. The molecule has 0 aromatic rings. The zero-order valence-corrected chi connectivity index (χ0v) is 15.0. The van der Waals surface area contributed by atoms with Gasteiger partial charge >= 0.3 is 5.97 Å². The van der Waals surface area contributed by atoms with Gasteiger partial charge in [-0.3, -0.25) is 9.79 Å². The fourth-order valence-electron chi connectivity index (χ4n) is 6.14. The highest BCUT2D eigenvalue weighted by Gasteiger charge is 2.54. The van der Waals surface area contributed by atoms with Crippen molar-refractivity contribution in [2.24, 2.45) is 28.7 Å². The zero-order chi connectivity index (χ0) is 17.4. The van der Waals surface area contributed by atoms with Crippen LogP contribution in [0.25, 0.3) is 0 Å². The first-order chi connectivity index (χ1) is 12.1. The maximum absolute atomic E-state index is 12.1. The van der Waals surface area contributed by atoms with E-state index in [0.717, 1.165) is 29.7 Å². The minimum absolute atomic E-state index is 0.195. The van der Waals surface area contributed by atoms with Gasteiger partial charge in [0.25, 0.3) is 0 Å². The van der Waals surface area contributed by atoms with Crippen molar-refractivity contribution in [1.82, 2.24) is 4.90 Å². The Morgan fingerprint density at radius 3 is 2.52 bits per heavy atom. The molecule has 1 unspecified atom stereocenters. The van der Waals surface area contributed by atoms with Crippen LogP contribution in [0.5, 0.6) is 0 Å². The van der Waals surface area contributed by atoms with Crippen LogP contribution in [0, 0.1) is 23.7 Å². The summed E-state index contributed by atoms with van der Waals surface area (Å²) in [5.41, 5.74) is 1.28. The molecule has 5 rings (SSSR count). The standard InChI is InChI=1S/C20H28N2O3/c1-2-25-19(24)17(12-23)8-18-3-4-21-13-22(18)20-9-14-5-15(10-20)7-16(6-14)11-20/h3-4,12,14-17H,2,5-11,13H2,1H3. The molecule has 136 valence electrons. The van der Waals surface area contributed by atoms with Crippen LogP contribution >= 0.6 is 0 Å². The van der Waals surface area contributed by atoms with Crippen molar-refractivity contribution in [3.05, 3.63) is 11.8 Å². The van der Waals surface area contributed by atoms with E-state index in [1.807, 2.05) is 12.3 Å². The van der Waals surface area contributed by atoms with Crippen molar-refractivity contribution in [2.45, 2.75) is 57.4 Å². The summed E-state index contributed by atoms with van der Waals surface area (Å²) in [5.74, 6) is 1.43. The van der Waals surface area contributed by atoms with E-state index in [0.29, 0.717) is 19.7 Å². The van der Waals surface area contributed by atoms with E-state index in [4.69, 9.17) is 4.74 Å². The molecule has 1 aliphatic heterocycles. The van der Waals surface area contributed by atoms with Gasteiger partial charge in [-0.05, 0) is 69.3 Å². The molecule has 4 saturated carbocycles. The SMILES string of the molecule is CCOC(=O)C(C=O)CC1=CC=NCN1C12CC3CC(CC(C3)C1)C2. The van der Waals surface area contributed by atoms with Crippen LogP contribution < -0.4 is 0 Å². The summed E-state index contributed by atoms with van der Waals surface area (Å²) in [6.45, 7) is 2.74. The lowest BCUT2D eigenvalue weighted by molar-refractivity contribution is -0.149. The van der Waals surface area contributed by atoms with Gasteiger partial charge in [-0.25, -0.2) is 0 Å². The quantitative estimate of drug-likeness (QED) is 0.422. The van der Waals surface area contributed by atoms with Crippen molar-refractivity contribution < 1.29 is 14.3 Å². The van der Waals surface area contributed by atoms with Gasteiger partial charge in [-0.15, -0.1) is 0 Å². The predicted octanol–water partition coefficient (Wildman–Crippen LogP) is 2.95. The molecule has 0 saturated heterocycles. The lowest BCUT2D eigenvalue weighted by atomic mass is 9.52. The number of carbonyl (C=O) groups excluding carboxylic acids is 2. The lowest BCUT2D eigenvalue weighted by Crippen LogP contribution is -2.60. The summed E-state index contributed by atoms with van der Waals surface area (Å²) >= 11 is 0. The van der Waals surface area contributed by atoms with E-state index in [2.05, 4.69) is 9.89 Å². The summed E-state index contributed by atoms with van der Waals surface area (Å²) in [5, 5.41) is 0. The largest absolute Gasteiger partial charge is 0.465 e. The number of aliphatic imine (C=N–C) groups is 1. The first kappa shape index (κ1) is 16.8. The van der Waals surface area contributed by atoms with Gasteiger partial charge in [-0.1, -0.05) is 0 Å². The summed E-state index contributed by atoms with van der Waals surface area (Å²) in [6.07, 6.45) is 12.9. The molecule has 5 nitrogen and oxygen atoms in total. The number of allylic oxidation sites excluding steroid dienone is 2. The second-order valence-corrected chi connectivity index (χ2v) is 8.40. The van der Waals surface area contributed by atoms with Crippen LogP contribution in [0.3, 0.4) is 0 Å². The van der Waals surface area contributed by atoms with Crippen molar-refractivity contribution >= 4 is 18.5 Å². The molecule has 4 fully saturated rings. The molecule has 1 atom stereocenters. The molecule has 0 spiro atoms. The third kappa shape index (κ3) is 3.02. The number of hydrogen-bond acceptors (Lipinski definition) is 5. The van der Waals surface area contributed by atoms with E-state index in [9.17, 15) is 9.59 Å². The summed E-state index contributed by atoms with van der Waals surface area (Å²) in [4.78, 5) is 30.5. The fourth-order valence-corrected chi connectivity index (χ4v) is 6.14. The van der Waals surface area contributed by atoms with Crippen molar-refractivity contribution in [2.75, 3.05) is 13.3 Å². The van der Waals surface area contributed by atoms with E-state index in [1.54, 1.807) is 6.92 Å². The third-order valence-corrected chi connectivity index (χ3v) is 6.70. The van der Waals surface area contributed by atoms with Gasteiger partial charge in [0, 0.05) is 23.9 Å². The van der Waals surface area contributed by atoms with Crippen LogP contribution in [0.1, 0.15) is 51.9 Å². The maximum atomic E-state index is 12.1. The number of hydrogen-bond donors (Lipinski definition) is 0. The Bertz CT molecular complexity index is 575. The second-order valence-electron chi connectivity index (χ2n) is 8.40. The number of rotatable bonds is 6. The molecular formula is C20H28N2O3. The first-order valence-corrected chi connectivity index (χ1v) is 9.72. The number of nitrogens with zero attached hydrogens (tertiary/aromatic N) is 2. The molecule has 1 heterocycles. The molecule has 0 amide bonds. The smallest absolute Gasteiger partial charge is 0.316 e. The minimum Gasteiger partial charge on any atom is -0.465 e. The predicted molar refractivity (Wildman–Crippen MR) is 95.0 cm³/mol. The maximum Gasteiger partial charge on any atom is 0.316 e. The third-order valence-electron chi connectivity index (χ3n) is 6.70. The Balaban J connectivity index is 1.55. The zero-order valence-electron chi connectivity index (χ0n) is 15.0. The minimum atomic E-state index is -0.714. The Kier molecular flexibility index (Phi) is 4.42. The van der Waals surface area contributed by atoms with Gasteiger partial charge in [0.2, 0.25) is 0 Å². The molecule has 4 bridgehead atoms. The molecule has 4 aliphatic carbocycles. The van der Waals surface area contributed by atoms with Crippen LogP contribution in [0.4, 0.5) is 0 Å². The van der Waals surface area contributed by atoms with Gasteiger partial charge < -0.3 is 14.4 Å². The number of esters is 1. The summed E-state index contributed by atoms with van der Waals surface area (Å²) in [7, 11) is 0. The van der Waals surface area contributed by atoms with Crippen LogP contribution in [-0.2, 0) is 14.3 Å². The molecule has 0 aromatic heterocycles. The van der Waals surface area contributed by atoms with E-state index < -0.39 is 11.9 Å². The van der Waals surface area contributed by atoms with Crippen molar-refractivity contribution in [3.63, 3.8) is 0 Å². The summed E-state index contributed by atoms with van der Waals surface area (Å²) in [6, 6.07) is 0. The normalized spacial score (nSPS) is 36.9. The Morgan fingerprint density at radius 2 is 1.96 bits per heavy atom. The topological polar surface area (TPSA) is 59.0 Å². The number of ether oxygens (including phenoxy) is 1. The molecular weight excluding hydrogens is 316 g/mol. The number of aldehydes is 1. The highest BCUT2D eigenvalue weighted by molar-refractivity contribution is 5.88. The van der Waals surface area contributed by atoms with Gasteiger partial charge in [0.1, 0.15) is 18.9 Å². The second kappa shape index (κ2) is 6.58. The van der Waals surface area contributed by atoms with Gasteiger partial charge in [0.15, 0.2) is 0 Å². The first-order valence-electron chi connectivity index (χ1n) is 9.72.